The molecule has 0 bridgehead atoms. The van der Waals surface area contributed by atoms with E-state index >= 15 is 0 Å². The van der Waals surface area contributed by atoms with Crippen LogP contribution in [0.1, 0.15) is 20.8 Å². The molecule has 26 heteroatoms. The molecule has 0 atom stereocenters. The topological polar surface area (TPSA) is 250 Å². The fourth-order valence-corrected chi connectivity index (χ4v) is 4.92. The van der Waals surface area contributed by atoms with Crippen LogP contribution in [0.25, 0.3) is 21.8 Å². The van der Waals surface area contributed by atoms with Gasteiger partial charge in [-0.15, -0.1) is 15.2 Å². The summed E-state index contributed by atoms with van der Waals surface area (Å²) < 4.78 is 142. The van der Waals surface area contributed by atoms with Gasteiger partial charge in [-0.3, -0.25) is 19.2 Å². The summed E-state index contributed by atoms with van der Waals surface area (Å²) in [5.74, 6) is -0.00296. The van der Waals surface area contributed by atoms with Gasteiger partial charge < -0.3 is 14.0 Å². The Hall–Kier alpha value is -1.98. The first-order valence-electron chi connectivity index (χ1n) is 13.9. The van der Waals surface area contributed by atoms with Gasteiger partial charge in [0.05, 0.1) is 21.7 Å². The van der Waals surface area contributed by atoms with Crippen molar-refractivity contribution in [2.45, 2.75) is 31.2 Å². The molecule has 2 heterocycles. The summed E-state index contributed by atoms with van der Waals surface area (Å²) >= 11 is 0. The molecule has 0 aliphatic carbocycles. The molecule has 0 amide bonds. The fourth-order valence-electron chi connectivity index (χ4n) is 3.30. The van der Waals surface area contributed by atoms with E-state index in [0.29, 0.717) is 4.90 Å². The zero-order valence-electron chi connectivity index (χ0n) is 28.8. The first-order valence-corrected chi connectivity index (χ1v) is 19.7. The van der Waals surface area contributed by atoms with Gasteiger partial charge in [0.2, 0.25) is 20.8 Å². The zero-order valence-corrected chi connectivity index (χ0v) is 35.5. The zero-order chi connectivity index (χ0) is 39.5. The number of benzene rings is 2. The Kier molecular flexibility index (Phi) is 30.0. The Bertz CT molecular complexity index is 2030. The molecule has 54 heavy (non-hydrogen) atoms. The van der Waals surface area contributed by atoms with E-state index < -0.39 is 46.3 Å². The summed E-state index contributed by atoms with van der Waals surface area (Å²) in [5.41, 5.74) is -3.58. The third-order valence-electron chi connectivity index (χ3n) is 5.61. The smallest absolute Gasteiger partial charge is 0.724 e. The van der Waals surface area contributed by atoms with Crippen molar-refractivity contribution in [2.24, 2.45) is 0 Å². The number of nitrogens with zero attached hydrogens (tertiary/aromatic N) is 3. The van der Waals surface area contributed by atoms with Crippen LogP contribution in [0.3, 0.4) is 0 Å². The van der Waals surface area contributed by atoms with Crippen LogP contribution in [0.2, 0.25) is 0 Å². The van der Waals surface area contributed by atoms with Gasteiger partial charge in [-0.25, -0.2) is 25.3 Å². The number of fused-ring (bicyclic) bond motifs is 3. The summed E-state index contributed by atoms with van der Waals surface area (Å²) in [4.78, 5) is 11.4. The second kappa shape index (κ2) is 27.6. The summed E-state index contributed by atoms with van der Waals surface area (Å²) in [6.45, 7) is 13.5. The van der Waals surface area contributed by atoms with Gasteiger partial charge in [0.25, 0.3) is 0 Å². The van der Waals surface area contributed by atoms with Crippen molar-refractivity contribution in [3.8, 4) is 0 Å². The monoisotopic (exact) mass is 955 g/mol. The number of hydrogen-bond donors (Lipinski definition) is 1. The van der Waals surface area contributed by atoms with E-state index in [4.69, 9.17) is 13.0 Å². The molecule has 4 aromatic rings. The van der Waals surface area contributed by atoms with E-state index in [1.165, 1.54) is 25.7 Å². The van der Waals surface area contributed by atoms with Gasteiger partial charge in [0.1, 0.15) is 0 Å². The molecule has 2 aromatic heterocycles. The van der Waals surface area contributed by atoms with E-state index in [9.17, 15) is 47.5 Å². The van der Waals surface area contributed by atoms with Crippen LogP contribution in [0.15, 0.2) is 96.7 Å². The summed E-state index contributed by atoms with van der Waals surface area (Å²) in [5, 5.41) is 2.28. The number of hydrogen-bond acceptors (Lipinski definition) is 15. The third kappa shape index (κ3) is 25.2. The molecule has 0 fully saturated rings. The number of pyridine rings is 2. The molecule has 0 saturated heterocycles. The molecule has 0 saturated carbocycles. The van der Waals surface area contributed by atoms with Crippen LogP contribution >= 0.6 is 0 Å². The molecular formula is C28H35AgF4N3NaO13S4. The molecule has 0 aliphatic heterocycles. The SMILES string of the molecule is C=CCS(=O)(=O)c1ccccc1.CCN(CC)CC.F.O=S(=O)(O)C(F)(F)F.O=S(=O)([O-])OOS(=O)(=O)[O-].[Ag+].[Na+].c1cnc2c(c1)ccc1cccnc12. The predicted octanol–water partition coefficient (Wildman–Crippen LogP) is 1.18. The van der Waals surface area contributed by atoms with E-state index in [-0.39, 0.29) is 62.4 Å². The number of aromatic nitrogens is 2. The van der Waals surface area contributed by atoms with Crippen LogP contribution in [-0.4, -0.2) is 93.1 Å². The molecule has 0 aliphatic rings. The first kappa shape index (κ1) is 58.7. The Morgan fingerprint density at radius 2 is 1.09 bits per heavy atom. The summed E-state index contributed by atoms with van der Waals surface area (Å²) in [7, 11) is -19.6. The van der Waals surface area contributed by atoms with E-state index in [2.05, 4.69) is 75.2 Å². The minimum atomic E-state index is -5.84. The molecule has 0 radical (unpaired) electrons. The standard InChI is InChI=1S/C12H8N2.C9H10O2S.C6H15N.CHF3O3S.Ag.FH.Na.H2O8S2/c1-3-9-5-6-10-4-2-8-14-12(10)11(9)13-7-1;1-2-8-12(10,11)9-6-4-3-5-7-9;1-4-7(5-2)6-3;2-1(3,4)8(5,6)7;;;;1-9(2,3)7-8-10(4,5)6/h1-8H;2-7H,1,8H2;4-6H2,1-3H3;(H,5,6,7);;1H;;(H,1,2,3)(H,4,5,6)/q;;;;+1;;+1;/p-2. The van der Waals surface area contributed by atoms with Gasteiger partial charge in [-0.05, 0) is 43.9 Å². The molecule has 4 rings (SSSR count). The van der Waals surface area contributed by atoms with Crippen molar-refractivity contribution < 1.29 is 126 Å². The van der Waals surface area contributed by atoms with Gasteiger partial charge in [0.15, 0.2) is 9.84 Å². The third-order valence-corrected chi connectivity index (χ3v) is 8.42. The number of halogens is 4. The summed E-state index contributed by atoms with van der Waals surface area (Å²) in [6, 6.07) is 20.5. The molecule has 1 N–H and O–H groups in total. The van der Waals surface area contributed by atoms with E-state index in [1.54, 1.807) is 42.7 Å². The number of alkyl halides is 3. The minimum Gasteiger partial charge on any atom is -0.724 e. The van der Waals surface area contributed by atoms with Crippen LogP contribution in [0.5, 0.6) is 0 Å². The van der Waals surface area contributed by atoms with Crippen LogP contribution < -0.4 is 29.6 Å². The van der Waals surface area contributed by atoms with E-state index in [0.717, 1.165) is 21.8 Å². The van der Waals surface area contributed by atoms with Crippen molar-refractivity contribution in [3.63, 3.8) is 0 Å². The average Bonchev–Trinajstić information content (AvgIpc) is 3.05. The number of sulfone groups is 1. The largest absolute Gasteiger partial charge is 1.00 e. The molecule has 2 aromatic carbocycles. The number of rotatable bonds is 9. The Morgan fingerprint density at radius 3 is 1.35 bits per heavy atom. The molecule has 16 nitrogen and oxygen atoms in total. The van der Waals surface area contributed by atoms with Gasteiger partial charge in [0, 0.05) is 23.2 Å². The second-order valence-corrected chi connectivity index (χ2v) is 14.4. The van der Waals surface area contributed by atoms with Crippen LogP contribution in [0.4, 0.5) is 17.9 Å². The van der Waals surface area contributed by atoms with Crippen molar-refractivity contribution in [3.05, 3.63) is 91.8 Å². The van der Waals surface area contributed by atoms with Gasteiger partial charge in [-0.2, -0.15) is 21.6 Å². The first-order chi connectivity index (χ1) is 23.4. The van der Waals surface area contributed by atoms with Gasteiger partial charge in [-0.1, -0.05) is 69.3 Å². The van der Waals surface area contributed by atoms with Crippen LogP contribution in [-0.2, 0) is 71.8 Å². The maximum absolute atomic E-state index is 11.4. The molecule has 0 unspecified atom stereocenters. The minimum absolute atomic E-state index is 0. The Balaban J connectivity index is -0.000000293. The van der Waals surface area contributed by atoms with E-state index in [1.807, 2.05) is 12.1 Å². The molecular weight excluding hydrogens is 921 g/mol. The van der Waals surface area contributed by atoms with Crippen molar-refractivity contribution in [2.75, 3.05) is 25.4 Å². The normalized spacial score (nSPS) is 11.1. The Labute approximate surface area is 348 Å². The van der Waals surface area contributed by atoms with Gasteiger partial charge >= 0.3 is 67.6 Å². The maximum atomic E-state index is 11.4. The van der Waals surface area contributed by atoms with Crippen molar-refractivity contribution in [1.82, 2.24) is 14.9 Å². The van der Waals surface area contributed by atoms with Crippen molar-refractivity contribution in [1.29, 1.82) is 0 Å². The predicted molar refractivity (Wildman–Crippen MR) is 181 cm³/mol. The maximum Gasteiger partial charge on any atom is 1.00 e. The quantitative estimate of drug-likeness (QED) is 0.0285. The second-order valence-electron chi connectivity index (χ2n) is 9.09. The Morgan fingerprint density at radius 1 is 0.741 bits per heavy atom. The molecule has 304 valence electrons. The van der Waals surface area contributed by atoms with Crippen LogP contribution in [0, 0.1) is 0 Å². The summed E-state index contributed by atoms with van der Waals surface area (Å²) in [6.07, 6.45) is 5.00. The molecule has 0 spiro atoms. The fraction of sp³-hybridized carbons (Fsp3) is 0.286. The average molecular weight is 957 g/mol. The van der Waals surface area contributed by atoms with Crippen molar-refractivity contribution >= 4 is 62.6 Å².